The fraction of sp³-hybridized carbons (Fsp3) is 0.765. The molecule has 0 aromatic carbocycles. The highest BCUT2D eigenvalue weighted by Crippen LogP contribution is 2.13. The lowest BCUT2D eigenvalue weighted by molar-refractivity contribution is 0.328. The van der Waals surface area contributed by atoms with Gasteiger partial charge in [0.25, 0.3) is 0 Å². The summed E-state index contributed by atoms with van der Waals surface area (Å²) in [5.74, 6) is 1.25. The normalized spacial score (nSPS) is 15.3. The Morgan fingerprint density at radius 3 is 2.73 bits per heavy atom. The molecule has 2 rings (SSSR count). The van der Waals surface area contributed by atoms with E-state index in [0.29, 0.717) is 5.95 Å². The molecule has 1 fully saturated rings. The predicted molar refractivity (Wildman–Crippen MR) is 93.1 cm³/mol. The number of nitrogens with one attached hydrogen (secondary N) is 1. The van der Waals surface area contributed by atoms with Crippen LogP contribution >= 0.6 is 0 Å². The summed E-state index contributed by atoms with van der Waals surface area (Å²) in [6, 6.07) is 2.05. The molecule has 1 aliphatic rings. The summed E-state index contributed by atoms with van der Waals surface area (Å²) >= 11 is 0. The summed E-state index contributed by atoms with van der Waals surface area (Å²) in [5.41, 5.74) is 6.87. The molecule has 1 aromatic rings. The number of hydrogen-bond acceptors (Lipinski definition) is 5. The zero-order valence-corrected chi connectivity index (χ0v) is 14.0. The van der Waals surface area contributed by atoms with Crippen molar-refractivity contribution in [3.05, 3.63) is 11.8 Å². The van der Waals surface area contributed by atoms with Crippen molar-refractivity contribution in [3.63, 3.8) is 0 Å². The zero-order valence-electron chi connectivity index (χ0n) is 14.0. The number of unbranched alkanes of at least 4 members (excludes halogenated alkanes) is 3. The highest BCUT2D eigenvalue weighted by atomic mass is 15.1. The molecular weight excluding hydrogens is 274 g/mol. The quantitative estimate of drug-likeness (QED) is 0.650. The van der Waals surface area contributed by atoms with Crippen LogP contribution in [0.15, 0.2) is 6.07 Å². The molecule has 5 heteroatoms. The van der Waals surface area contributed by atoms with Crippen LogP contribution in [0.1, 0.15) is 57.6 Å². The average molecular weight is 305 g/mol. The van der Waals surface area contributed by atoms with Gasteiger partial charge < -0.3 is 16.0 Å². The molecule has 1 saturated heterocycles. The van der Waals surface area contributed by atoms with Crippen LogP contribution in [-0.4, -0.2) is 41.0 Å². The molecule has 0 saturated carbocycles. The Labute approximate surface area is 134 Å². The molecular formula is C17H31N5. The van der Waals surface area contributed by atoms with Crippen LogP contribution in [0.4, 0.5) is 11.8 Å². The third-order valence-corrected chi connectivity index (χ3v) is 4.24. The second-order valence-corrected chi connectivity index (χ2v) is 6.24. The smallest absolute Gasteiger partial charge is 0.222 e. The van der Waals surface area contributed by atoms with E-state index in [-0.39, 0.29) is 0 Å². The van der Waals surface area contributed by atoms with Gasteiger partial charge in [-0.25, -0.2) is 4.98 Å². The summed E-state index contributed by atoms with van der Waals surface area (Å²) in [4.78, 5) is 11.2. The van der Waals surface area contributed by atoms with Crippen LogP contribution in [0.3, 0.4) is 0 Å². The van der Waals surface area contributed by atoms with Crippen molar-refractivity contribution in [2.45, 2.75) is 58.3 Å². The molecule has 124 valence electrons. The van der Waals surface area contributed by atoms with E-state index < -0.39 is 0 Å². The minimum atomic E-state index is 0.383. The predicted octanol–water partition coefficient (Wildman–Crippen LogP) is 3.08. The number of rotatable bonds is 10. The number of nitrogens with two attached hydrogens (primary N) is 1. The summed E-state index contributed by atoms with van der Waals surface area (Å²) < 4.78 is 0. The summed E-state index contributed by atoms with van der Waals surface area (Å²) in [6.45, 7) is 6.99. The largest absolute Gasteiger partial charge is 0.370 e. The van der Waals surface area contributed by atoms with E-state index in [4.69, 9.17) is 5.73 Å². The monoisotopic (exact) mass is 305 g/mol. The Morgan fingerprint density at radius 2 is 1.95 bits per heavy atom. The molecule has 22 heavy (non-hydrogen) atoms. The van der Waals surface area contributed by atoms with Crippen LogP contribution in [0.2, 0.25) is 0 Å². The lowest BCUT2D eigenvalue weighted by Gasteiger charge is -2.13. The summed E-state index contributed by atoms with van der Waals surface area (Å²) in [6.07, 6.45) is 9.82. The van der Waals surface area contributed by atoms with Gasteiger partial charge in [0, 0.05) is 18.3 Å². The van der Waals surface area contributed by atoms with Crippen molar-refractivity contribution in [1.29, 1.82) is 0 Å². The Bertz CT molecular complexity index is 429. The van der Waals surface area contributed by atoms with Crippen LogP contribution in [0.5, 0.6) is 0 Å². The first-order valence-electron chi connectivity index (χ1n) is 8.87. The van der Waals surface area contributed by atoms with Crippen molar-refractivity contribution >= 4 is 11.8 Å². The molecule has 5 nitrogen and oxygen atoms in total. The van der Waals surface area contributed by atoms with E-state index >= 15 is 0 Å². The van der Waals surface area contributed by atoms with Crippen molar-refractivity contribution in [3.8, 4) is 0 Å². The van der Waals surface area contributed by atoms with Crippen molar-refractivity contribution in [2.24, 2.45) is 0 Å². The minimum Gasteiger partial charge on any atom is -0.370 e. The fourth-order valence-electron chi connectivity index (χ4n) is 2.95. The van der Waals surface area contributed by atoms with Gasteiger partial charge >= 0.3 is 0 Å². The molecule has 1 aliphatic heterocycles. The van der Waals surface area contributed by atoms with E-state index in [0.717, 1.165) is 30.9 Å². The van der Waals surface area contributed by atoms with E-state index in [9.17, 15) is 0 Å². The van der Waals surface area contributed by atoms with Crippen LogP contribution in [0.25, 0.3) is 0 Å². The summed E-state index contributed by atoms with van der Waals surface area (Å²) in [5, 5.41) is 3.33. The first kappa shape index (κ1) is 17.0. The summed E-state index contributed by atoms with van der Waals surface area (Å²) in [7, 11) is 0. The Hall–Kier alpha value is -1.36. The van der Waals surface area contributed by atoms with Gasteiger partial charge in [0.15, 0.2) is 0 Å². The molecule has 0 atom stereocenters. The molecule has 0 amide bonds. The maximum absolute atomic E-state index is 5.81. The maximum atomic E-state index is 5.81. The molecule has 0 radical (unpaired) electrons. The second kappa shape index (κ2) is 9.62. The van der Waals surface area contributed by atoms with Gasteiger partial charge in [0.2, 0.25) is 5.95 Å². The van der Waals surface area contributed by atoms with Crippen LogP contribution in [-0.2, 0) is 6.42 Å². The lowest BCUT2D eigenvalue weighted by Crippen LogP contribution is -2.20. The van der Waals surface area contributed by atoms with Gasteiger partial charge in [0.1, 0.15) is 5.82 Å². The third kappa shape index (κ3) is 6.18. The van der Waals surface area contributed by atoms with Gasteiger partial charge in [-0.15, -0.1) is 0 Å². The zero-order chi connectivity index (χ0) is 15.6. The number of anilines is 2. The molecule has 0 aliphatic carbocycles. The Morgan fingerprint density at radius 1 is 1.14 bits per heavy atom. The van der Waals surface area contributed by atoms with Gasteiger partial charge in [0.05, 0.1) is 0 Å². The first-order chi connectivity index (χ1) is 10.8. The highest BCUT2D eigenvalue weighted by Gasteiger charge is 2.10. The van der Waals surface area contributed by atoms with Crippen molar-refractivity contribution < 1.29 is 0 Å². The molecule has 0 unspecified atom stereocenters. The van der Waals surface area contributed by atoms with E-state index in [1.807, 2.05) is 6.07 Å². The maximum Gasteiger partial charge on any atom is 0.222 e. The SMILES string of the molecule is CCCCNc1cc(CCCCCN2CCCC2)nc(N)n1. The number of nitrogens with zero attached hydrogens (tertiary/aromatic N) is 3. The van der Waals surface area contributed by atoms with Gasteiger partial charge in [-0.2, -0.15) is 4.98 Å². The first-order valence-corrected chi connectivity index (χ1v) is 8.87. The van der Waals surface area contributed by atoms with Crippen molar-refractivity contribution in [2.75, 3.05) is 37.2 Å². The number of aryl methyl sites for hydroxylation is 1. The molecule has 2 heterocycles. The Balaban J connectivity index is 1.67. The molecule has 0 spiro atoms. The Kier molecular flexibility index (Phi) is 7.43. The van der Waals surface area contributed by atoms with Crippen LogP contribution in [0, 0.1) is 0 Å². The number of aromatic nitrogens is 2. The van der Waals surface area contributed by atoms with Gasteiger partial charge in [-0.1, -0.05) is 19.8 Å². The van der Waals surface area contributed by atoms with E-state index in [1.165, 1.54) is 58.2 Å². The lowest BCUT2D eigenvalue weighted by atomic mass is 10.1. The highest BCUT2D eigenvalue weighted by molar-refractivity contribution is 5.40. The van der Waals surface area contributed by atoms with Crippen LogP contribution < -0.4 is 11.1 Å². The van der Waals surface area contributed by atoms with E-state index in [2.05, 4.69) is 27.1 Å². The van der Waals surface area contributed by atoms with Gasteiger partial charge in [-0.05, 0) is 58.2 Å². The standard InChI is InChI=1S/C17H31N5/c1-2-3-10-19-16-14-15(20-17(18)21-16)9-5-4-6-11-22-12-7-8-13-22/h14H,2-13H2,1H3,(H3,18,19,20,21). The van der Waals surface area contributed by atoms with Crippen molar-refractivity contribution in [1.82, 2.24) is 14.9 Å². The van der Waals surface area contributed by atoms with E-state index in [1.54, 1.807) is 0 Å². The fourth-order valence-corrected chi connectivity index (χ4v) is 2.95. The van der Waals surface area contributed by atoms with Gasteiger partial charge in [-0.3, -0.25) is 0 Å². The molecule has 3 N–H and O–H groups in total. The molecule has 1 aromatic heterocycles. The topological polar surface area (TPSA) is 67.1 Å². The average Bonchev–Trinajstić information content (AvgIpc) is 3.00. The number of likely N-dealkylation sites (tertiary alicyclic amines) is 1. The number of nitrogen functional groups attached to an aromatic ring is 1. The number of hydrogen-bond donors (Lipinski definition) is 2. The minimum absolute atomic E-state index is 0.383. The third-order valence-electron chi connectivity index (χ3n) is 4.24. The molecule has 0 bridgehead atoms. The second-order valence-electron chi connectivity index (χ2n) is 6.24.